The molecule has 3 aromatic rings. The van der Waals surface area contributed by atoms with Crippen LogP contribution in [0.1, 0.15) is 25.1 Å². The van der Waals surface area contributed by atoms with Crippen molar-refractivity contribution in [3.05, 3.63) is 47.9 Å². The van der Waals surface area contributed by atoms with E-state index in [1.807, 2.05) is 26.8 Å². The van der Waals surface area contributed by atoms with Crippen LogP contribution in [0.3, 0.4) is 0 Å². The minimum Gasteiger partial charge on any atom is -0.353 e. The second-order valence-electron chi connectivity index (χ2n) is 8.81. The number of nitrogens with one attached hydrogen (secondary N) is 1. The highest BCUT2D eigenvalue weighted by Gasteiger charge is 2.34. The van der Waals surface area contributed by atoms with Crippen molar-refractivity contribution in [2.75, 3.05) is 31.1 Å². The molecule has 1 N–H and O–H groups in total. The van der Waals surface area contributed by atoms with Crippen LogP contribution in [0.4, 0.5) is 5.82 Å². The third kappa shape index (κ3) is 3.87. The third-order valence-electron chi connectivity index (χ3n) is 6.09. The molecule has 2 aliphatic heterocycles. The molecule has 0 bridgehead atoms. The van der Waals surface area contributed by atoms with Gasteiger partial charge in [0.05, 0.1) is 4.90 Å². The molecule has 1 atom stereocenters. The van der Waals surface area contributed by atoms with Gasteiger partial charge in [0.25, 0.3) is 15.8 Å². The van der Waals surface area contributed by atoms with E-state index in [4.69, 9.17) is 0 Å². The normalized spacial score (nSPS) is 19.5. The van der Waals surface area contributed by atoms with Crippen LogP contribution in [-0.4, -0.2) is 76.9 Å². The van der Waals surface area contributed by atoms with Gasteiger partial charge in [0.1, 0.15) is 24.0 Å². The fourth-order valence-electron chi connectivity index (χ4n) is 4.34. The summed E-state index contributed by atoms with van der Waals surface area (Å²) < 4.78 is 29.1. The largest absolute Gasteiger partial charge is 0.353 e. The highest BCUT2D eigenvalue weighted by Crippen LogP contribution is 2.24. The number of amides is 1. The van der Waals surface area contributed by atoms with E-state index in [2.05, 4.69) is 29.7 Å². The molecule has 5 rings (SSSR count). The second-order valence-corrected chi connectivity index (χ2v) is 10.5. The monoisotopic (exact) mass is 482 g/mol. The number of benzene rings is 1. The molecule has 0 aliphatic carbocycles. The summed E-state index contributed by atoms with van der Waals surface area (Å²) in [6.07, 6.45) is 1.48. The molecule has 12 heteroatoms. The molecule has 2 aromatic heterocycles. The van der Waals surface area contributed by atoms with Crippen LogP contribution in [-0.2, 0) is 14.8 Å². The minimum atomic E-state index is -3.66. The number of rotatable bonds is 4. The van der Waals surface area contributed by atoms with Crippen LogP contribution in [0.5, 0.6) is 0 Å². The summed E-state index contributed by atoms with van der Waals surface area (Å²) in [6, 6.07) is 7.94. The number of aliphatic imine (C=N–C) groups is 1. The zero-order valence-electron chi connectivity index (χ0n) is 19.2. The molecule has 4 heterocycles. The number of sulfonamides is 1. The highest BCUT2D eigenvalue weighted by atomic mass is 32.2. The van der Waals surface area contributed by atoms with Crippen molar-refractivity contribution in [1.29, 1.82) is 0 Å². The molecular formula is C22H26N8O3S. The maximum Gasteiger partial charge on any atom is 0.263 e. The Kier molecular flexibility index (Phi) is 5.47. The molecule has 2 aliphatic rings. The Labute approximate surface area is 197 Å². The van der Waals surface area contributed by atoms with Crippen molar-refractivity contribution in [3.63, 3.8) is 0 Å². The summed E-state index contributed by atoms with van der Waals surface area (Å²) in [4.78, 5) is 30.8. The van der Waals surface area contributed by atoms with E-state index >= 15 is 0 Å². The summed E-state index contributed by atoms with van der Waals surface area (Å²) in [5.41, 5.74) is 1.35. The van der Waals surface area contributed by atoms with Crippen molar-refractivity contribution in [1.82, 2.24) is 29.2 Å². The Morgan fingerprint density at radius 2 is 1.88 bits per heavy atom. The first-order valence-electron chi connectivity index (χ1n) is 11.2. The lowest BCUT2D eigenvalue weighted by Gasteiger charge is -2.37. The van der Waals surface area contributed by atoms with Gasteiger partial charge in [-0.3, -0.25) is 14.5 Å². The minimum absolute atomic E-state index is 0.104. The van der Waals surface area contributed by atoms with Gasteiger partial charge in [0, 0.05) is 43.5 Å². The Bertz CT molecular complexity index is 1390. The van der Waals surface area contributed by atoms with E-state index in [9.17, 15) is 13.2 Å². The van der Waals surface area contributed by atoms with Gasteiger partial charge in [-0.25, -0.2) is 13.4 Å². The molecule has 0 unspecified atom stereocenters. The van der Waals surface area contributed by atoms with Gasteiger partial charge < -0.3 is 9.80 Å². The van der Waals surface area contributed by atoms with Crippen LogP contribution < -0.4 is 9.62 Å². The lowest BCUT2D eigenvalue weighted by atomic mass is 10.0. The van der Waals surface area contributed by atoms with Gasteiger partial charge in [0.2, 0.25) is 5.91 Å². The summed E-state index contributed by atoms with van der Waals surface area (Å²) in [5, 5.41) is 4.28. The number of aromatic nitrogens is 4. The number of hydrogen-bond donors (Lipinski definition) is 1. The molecule has 11 nitrogen and oxygen atoms in total. The van der Waals surface area contributed by atoms with Crippen LogP contribution in [0.25, 0.3) is 5.78 Å². The van der Waals surface area contributed by atoms with Crippen LogP contribution in [0.2, 0.25) is 0 Å². The smallest absolute Gasteiger partial charge is 0.263 e. The standard InChI is InChI=1S/C22H26N8O3S/c1-14(2)19(26-20-16-6-4-5-7-17(16)34(32,33)27-20)21(31)29-10-8-28(9-11-29)18-12-15(3)25-22-23-13-24-30(18)22/h4-7,12-14,19H,8-11H2,1-3H3,(H,26,27)/t19-/m0/s1. The summed E-state index contributed by atoms with van der Waals surface area (Å²) in [5.74, 6) is 1.45. The number of nitrogens with zero attached hydrogens (tertiary/aromatic N) is 7. The molecule has 0 saturated carbocycles. The predicted molar refractivity (Wildman–Crippen MR) is 126 cm³/mol. The van der Waals surface area contributed by atoms with E-state index in [-0.39, 0.29) is 22.6 Å². The fourth-order valence-corrected chi connectivity index (χ4v) is 5.58. The van der Waals surface area contributed by atoms with E-state index in [0.29, 0.717) is 37.5 Å². The van der Waals surface area contributed by atoms with Gasteiger partial charge in [-0.15, -0.1) is 0 Å². The van der Waals surface area contributed by atoms with Gasteiger partial charge >= 0.3 is 0 Å². The van der Waals surface area contributed by atoms with E-state index in [1.165, 1.54) is 6.33 Å². The molecule has 0 spiro atoms. The second kappa shape index (κ2) is 8.35. The molecular weight excluding hydrogens is 456 g/mol. The number of amidine groups is 1. The van der Waals surface area contributed by atoms with Crippen molar-refractivity contribution in [2.24, 2.45) is 10.9 Å². The molecule has 1 aromatic carbocycles. The molecule has 1 saturated heterocycles. The van der Waals surface area contributed by atoms with Crippen LogP contribution >= 0.6 is 0 Å². The highest BCUT2D eigenvalue weighted by molar-refractivity contribution is 7.90. The van der Waals surface area contributed by atoms with E-state index in [1.54, 1.807) is 33.7 Å². The molecule has 1 amide bonds. The van der Waals surface area contributed by atoms with Gasteiger partial charge in [-0.2, -0.15) is 14.6 Å². The first kappa shape index (κ1) is 22.3. The number of aryl methyl sites for hydroxylation is 1. The maximum atomic E-state index is 13.5. The molecule has 1 fully saturated rings. The SMILES string of the molecule is Cc1cc(N2CCN(C(=O)[C@@H](N=C3NS(=O)(=O)c4ccccc43)C(C)C)CC2)n2ncnc2n1. The summed E-state index contributed by atoms with van der Waals surface area (Å²) in [7, 11) is -3.66. The summed E-state index contributed by atoms with van der Waals surface area (Å²) >= 11 is 0. The Hall–Kier alpha value is -3.54. The number of fused-ring (bicyclic) bond motifs is 2. The lowest BCUT2D eigenvalue weighted by molar-refractivity contribution is -0.133. The Morgan fingerprint density at radius 1 is 1.15 bits per heavy atom. The molecule has 0 radical (unpaired) electrons. The van der Waals surface area contributed by atoms with E-state index in [0.717, 1.165) is 11.5 Å². The fraction of sp³-hybridized carbons (Fsp3) is 0.409. The summed E-state index contributed by atoms with van der Waals surface area (Å²) in [6.45, 7) is 8.04. The predicted octanol–water partition coefficient (Wildman–Crippen LogP) is 0.845. The first-order valence-corrected chi connectivity index (χ1v) is 12.6. The maximum absolute atomic E-state index is 13.5. The van der Waals surface area contributed by atoms with E-state index < -0.39 is 16.1 Å². The van der Waals surface area contributed by atoms with Gasteiger partial charge in [-0.05, 0) is 25.0 Å². The van der Waals surface area contributed by atoms with Crippen molar-refractivity contribution in [2.45, 2.75) is 31.7 Å². The zero-order valence-corrected chi connectivity index (χ0v) is 20.0. The van der Waals surface area contributed by atoms with Gasteiger partial charge in [0.15, 0.2) is 0 Å². The average Bonchev–Trinajstić information content (AvgIpc) is 3.38. The van der Waals surface area contributed by atoms with Gasteiger partial charge in [-0.1, -0.05) is 26.0 Å². The Balaban J connectivity index is 1.35. The third-order valence-corrected chi connectivity index (χ3v) is 7.49. The van der Waals surface area contributed by atoms with Crippen LogP contribution in [0, 0.1) is 12.8 Å². The number of piperazine rings is 1. The average molecular weight is 483 g/mol. The number of carbonyl (C=O) groups is 1. The van der Waals surface area contributed by atoms with Crippen molar-refractivity contribution in [3.8, 4) is 0 Å². The van der Waals surface area contributed by atoms with Crippen molar-refractivity contribution < 1.29 is 13.2 Å². The van der Waals surface area contributed by atoms with Crippen molar-refractivity contribution >= 4 is 33.4 Å². The number of hydrogen-bond acceptors (Lipinski definition) is 8. The topological polar surface area (TPSA) is 125 Å². The number of carbonyl (C=O) groups excluding carboxylic acids is 1. The number of anilines is 1. The zero-order chi connectivity index (χ0) is 24.0. The quantitative estimate of drug-likeness (QED) is 0.584. The Morgan fingerprint density at radius 3 is 2.62 bits per heavy atom. The van der Waals surface area contributed by atoms with Crippen LogP contribution in [0.15, 0.2) is 46.5 Å². The molecule has 178 valence electrons. The molecule has 34 heavy (non-hydrogen) atoms. The lowest BCUT2D eigenvalue weighted by Crippen LogP contribution is -2.52. The first-order chi connectivity index (χ1) is 16.2.